The Labute approximate surface area is 272 Å². The standard InChI is InChI=1S/C37H47N3O6/c1-26(2)23-31(38-33(41)30(40-36(44)46-37(3,4)5)22-21-27-15-9-6-10-16-27)34(42)39-32(24-28-17-11-7-12-18-28)35(43)45-25-29-19-13-8-14-20-29/h6-20,26,30-32H,21-25H2,1-5H3,(H,38,41)(H,39,42)(H,40,44)/t30?,31?,32-/m1/s1. The first-order chi connectivity index (χ1) is 21.9. The molecule has 9 nitrogen and oxygen atoms in total. The molecule has 3 atom stereocenters. The minimum Gasteiger partial charge on any atom is -0.459 e. The number of esters is 1. The van der Waals surface area contributed by atoms with Crippen LogP contribution in [-0.4, -0.2) is 47.6 Å². The van der Waals surface area contributed by atoms with Crippen LogP contribution in [0, 0.1) is 5.92 Å². The van der Waals surface area contributed by atoms with E-state index in [1.165, 1.54) is 0 Å². The van der Waals surface area contributed by atoms with E-state index in [1.54, 1.807) is 20.8 Å². The summed E-state index contributed by atoms with van der Waals surface area (Å²) in [6.07, 6.45) is 0.597. The lowest BCUT2D eigenvalue weighted by Crippen LogP contribution is -2.56. The third-order valence-electron chi connectivity index (χ3n) is 7.02. The second-order valence-electron chi connectivity index (χ2n) is 12.8. The molecular weight excluding hydrogens is 582 g/mol. The topological polar surface area (TPSA) is 123 Å². The van der Waals surface area contributed by atoms with Crippen molar-refractivity contribution in [2.75, 3.05) is 0 Å². The summed E-state index contributed by atoms with van der Waals surface area (Å²) in [5, 5.41) is 8.37. The summed E-state index contributed by atoms with van der Waals surface area (Å²) in [6.45, 7) is 9.16. The van der Waals surface area contributed by atoms with Gasteiger partial charge in [0.05, 0.1) is 0 Å². The van der Waals surface area contributed by atoms with Gasteiger partial charge in [-0.15, -0.1) is 0 Å². The smallest absolute Gasteiger partial charge is 0.408 e. The molecular formula is C37H47N3O6. The van der Waals surface area contributed by atoms with Crippen LogP contribution in [0.5, 0.6) is 0 Å². The summed E-state index contributed by atoms with van der Waals surface area (Å²) in [5.74, 6) is -1.58. The van der Waals surface area contributed by atoms with E-state index in [9.17, 15) is 19.2 Å². The Hall–Kier alpha value is -4.66. The molecule has 0 aromatic heterocycles. The molecule has 3 amide bonds. The highest BCUT2D eigenvalue weighted by Gasteiger charge is 2.31. The average Bonchev–Trinajstić information content (AvgIpc) is 3.01. The van der Waals surface area contributed by atoms with Gasteiger partial charge < -0.3 is 25.4 Å². The van der Waals surface area contributed by atoms with E-state index in [0.29, 0.717) is 12.8 Å². The van der Waals surface area contributed by atoms with Gasteiger partial charge >= 0.3 is 12.1 Å². The molecule has 0 fully saturated rings. The molecule has 3 N–H and O–H groups in total. The molecule has 0 spiro atoms. The van der Waals surface area contributed by atoms with Gasteiger partial charge in [-0.1, -0.05) is 105 Å². The minimum absolute atomic E-state index is 0.0373. The summed E-state index contributed by atoms with van der Waals surface area (Å²) in [5.41, 5.74) is 1.91. The predicted molar refractivity (Wildman–Crippen MR) is 178 cm³/mol. The molecule has 0 saturated heterocycles. The monoisotopic (exact) mass is 629 g/mol. The second-order valence-corrected chi connectivity index (χ2v) is 12.8. The Kier molecular flexibility index (Phi) is 13.8. The SMILES string of the molecule is CC(C)CC(NC(=O)C(CCc1ccccc1)NC(=O)OC(C)(C)C)C(=O)N[C@H](Cc1ccccc1)C(=O)OCc1ccccc1. The van der Waals surface area contributed by atoms with E-state index in [-0.39, 0.29) is 25.4 Å². The van der Waals surface area contributed by atoms with Crippen molar-refractivity contribution in [3.05, 3.63) is 108 Å². The van der Waals surface area contributed by atoms with Gasteiger partial charge in [0.2, 0.25) is 11.8 Å². The van der Waals surface area contributed by atoms with Crippen molar-refractivity contribution < 1.29 is 28.7 Å². The van der Waals surface area contributed by atoms with E-state index in [0.717, 1.165) is 16.7 Å². The molecule has 0 saturated carbocycles. The number of aryl methyl sites for hydroxylation is 1. The third-order valence-corrected chi connectivity index (χ3v) is 7.02. The molecule has 246 valence electrons. The molecule has 0 aliphatic rings. The van der Waals surface area contributed by atoms with Crippen molar-refractivity contribution in [2.24, 2.45) is 5.92 Å². The lowest BCUT2D eigenvalue weighted by Gasteiger charge is -2.27. The molecule has 3 aromatic rings. The van der Waals surface area contributed by atoms with Crippen LogP contribution >= 0.6 is 0 Å². The van der Waals surface area contributed by atoms with Crippen LogP contribution in [0.4, 0.5) is 4.79 Å². The number of ether oxygens (including phenoxy) is 2. The van der Waals surface area contributed by atoms with Gasteiger partial charge in [0.1, 0.15) is 30.3 Å². The lowest BCUT2D eigenvalue weighted by atomic mass is 10.00. The van der Waals surface area contributed by atoms with Crippen molar-refractivity contribution in [2.45, 2.75) is 90.6 Å². The van der Waals surface area contributed by atoms with Crippen LogP contribution < -0.4 is 16.0 Å². The van der Waals surface area contributed by atoms with E-state index >= 15 is 0 Å². The van der Waals surface area contributed by atoms with Gasteiger partial charge in [-0.05, 0) is 62.6 Å². The van der Waals surface area contributed by atoms with Crippen LogP contribution in [0.3, 0.4) is 0 Å². The van der Waals surface area contributed by atoms with Crippen LogP contribution in [0.2, 0.25) is 0 Å². The van der Waals surface area contributed by atoms with Gasteiger partial charge in [-0.25, -0.2) is 9.59 Å². The van der Waals surface area contributed by atoms with E-state index < -0.39 is 47.6 Å². The molecule has 0 aliphatic heterocycles. The van der Waals surface area contributed by atoms with E-state index in [1.807, 2.05) is 105 Å². The number of alkyl carbamates (subject to hydrolysis) is 1. The highest BCUT2D eigenvalue weighted by Crippen LogP contribution is 2.13. The minimum atomic E-state index is -0.987. The van der Waals surface area contributed by atoms with E-state index in [2.05, 4.69) is 16.0 Å². The fraction of sp³-hybridized carbons (Fsp3) is 0.405. The molecule has 9 heteroatoms. The Bertz CT molecular complexity index is 1390. The maximum atomic E-state index is 13.8. The number of carbonyl (C=O) groups excluding carboxylic acids is 4. The number of benzene rings is 3. The molecule has 0 aliphatic carbocycles. The molecule has 0 radical (unpaired) electrons. The Balaban J connectivity index is 1.77. The van der Waals surface area contributed by atoms with Crippen LogP contribution in [0.15, 0.2) is 91.0 Å². The summed E-state index contributed by atoms with van der Waals surface area (Å²) in [7, 11) is 0. The maximum Gasteiger partial charge on any atom is 0.408 e. The van der Waals surface area contributed by atoms with Crippen LogP contribution in [0.25, 0.3) is 0 Å². The lowest BCUT2D eigenvalue weighted by molar-refractivity contribution is -0.149. The molecule has 2 unspecified atom stereocenters. The zero-order valence-electron chi connectivity index (χ0n) is 27.5. The normalized spacial score (nSPS) is 13.2. The van der Waals surface area contributed by atoms with Crippen LogP contribution in [-0.2, 0) is 43.3 Å². The number of carbonyl (C=O) groups is 4. The average molecular weight is 630 g/mol. The fourth-order valence-electron chi connectivity index (χ4n) is 4.79. The summed E-state index contributed by atoms with van der Waals surface area (Å²) < 4.78 is 11.0. The summed E-state index contributed by atoms with van der Waals surface area (Å²) in [6, 6.07) is 25.3. The predicted octanol–water partition coefficient (Wildman–Crippen LogP) is 5.51. The first-order valence-electron chi connectivity index (χ1n) is 15.8. The number of nitrogens with one attached hydrogen (secondary N) is 3. The van der Waals surface area contributed by atoms with Crippen LogP contribution in [0.1, 0.15) is 64.2 Å². The van der Waals surface area contributed by atoms with Crippen molar-refractivity contribution in [1.82, 2.24) is 16.0 Å². The number of hydrogen-bond acceptors (Lipinski definition) is 6. The third kappa shape index (κ3) is 13.1. The van der Waals surface area contributed by atoms with Crippen molar-refractivity contribution in [1.29, 1.82) is 0 Å². The van der Waals surface area contributed by atoms with Crippen molar-refractivity contribution in [3.8, 4) is 0 Å². The highest BCUT2D eigenvalue weighted by atomic mass is 16.6. The highest BCUT2D eigenvalue weighted by molar-refractivity contribution is 5.93. The Morgan fingerprint density at radius 2 is 1.15 bits per heavy atom. The van der Waals surface area contributed by atoms with Gasteiger partial charge in [0.15, 0.2) is 0 Å². The molecule has 46 heavy (non-hydrogen) atoms. The first kappa shape index (κ1) is 35.8. The van der Waals surface area contributed by atoms with Crippen molar-refractivity contribution in [3.63, 3.8) is 0 Å². The molecule has 0 heterocycles. The fourth-order valence-corrected chi connectivity index (χ4v) is 4.79. The maximum absolute atomic E-state index is 13.8. The summed E-state index contributed by atoms with van der Waals surface area (Å²) in [4.78, 5) is 53.4. The van der Waals surface area contributed by atoms with Gasteiger partial charge in [0, 0.05) is 6.42 Å². The van der Waals surface area contributed by atoms with Gasteiger partial charge in [-0.3, -0.25) is 9.59 Å². The Morgan fingerprint density at radius 1 is 0.652 bits per heavy atom. The number of hydrogen-bond donors (Lipinski definition) is 3. The summed E-state index contributed by atoms with van der Waals surface area (Å²) >= 11 is 0. The first-order valence-corrected chi connectivity index (χ1v) is 15.8. The second kappa shape index (κ2) is 17.7. The van der Waals surface area contributed by atoms with Crippen molar-refractivity contribution >= 4 is 23.9 Å². The van der Waals surface area contributed by atoms with E-state index in [4.69, 9.17) is 9.47 Å². The molecule has 3 rings (SSSR count). The number of amides is 3. The number of rotatable bonds is 15. The molecule has 3 aromatic carbocycles. The zero-order valence-corrected chi connectivity index (χ0v) is 27.5. The quantitative estimate of drug-likeness (QED) is 0.191. The van der Waals surface area contributed by atoms with Gasteiger partial charge in [0.25, 0.3) is 0 Å². The largest absolute Gasteiger partial charge is 0.459 e. The Morgan fingerprint density at radius 3 is 1.70 bits per heavy atom. The zero-order chi connectivity index (χ0) is 33.5. The van der Waals surface area contributed by atoms with Gasteiger partial charge in [-0.2, -0.15) is 0 Å². The molecule has 0 bridgehead atoms.